The number of H-pyrrole nitrogens is 1. The van der Waals surface area contributed by atoms with Crippen molar-refractivity contribution < 1.29 is 9.59 Å². The standard InChI is InChI=1S/C13H12N4O2/c18-11(17-13-14-5-6-15-13)7-10-8-3-1-2-4-9(8)12(19)16-10/h1-6,10H,7H2,(H,16,19)(H2,14,15,17,18)/t10-/m0/s1. The molecule has 6 heteroatoms. The van der Waals surface area contributed by atoms with Crippen molar-refractivity contribution in [2.75, 3.05) is 5.32 Å². The van der Waals surface area contributed by atoms with E-state index in [1.807, 2.05) is 18.2 Å². The lowest BCUT2D eigenvalue weighted by atomic mass is 10.0. The predicted octanol–water partition coefficient (Wildman–Crippen LogP) is 1.22. The van der Waals surface area contributed by atoms with Crippen molar-refractivity contribution in [3.63, 3.8) is 0 Å². The molecule has 0 fully saturated rings. The Balaban J connectivity index is 1.71. The van der Waals surface area contributed by atoms with E-state index < -0.39 is 0 Å². The number of amides is 2. The van der Waals surface area contributed by atoms with E-state index in [1.54, 1.807) is 18.5 Å². The molecular formula is C13H12N4O2. The van der Waals surface area contributed by atoms with Gasteiger partial charge in [-0.1, -0.05) is 18.2 Å². The third kappa shape index (κ3) is 2.20. The number of carbonyl (C=O) groups is 2. The zero-order chi connectivity index (χ0) is 13.2. The summed E-state index contributed by atoms with van der Waals surface area (Å²) in [6, 6.07) is 7.01. The number of carbonyl (C=O) groups excluding carboxylic acids is 2. The fraction of sp³-hybridized carbons (Fsp3) is 0.154. The molecule has 0 spiro atoms. The molecule has 2 heterocycles. The Bertz CT molecular complexity index is 621. The molecule has 0 aliphatic carbocycles. The number of imidazole rings is 1. The Hall–Kier alpha value is -2.63. The van der Waals surface area contributed by atoms with Crippen LogP contribution in [0.15, 0.2) is 36.7 Å². The highest BCUT2D eigenvalue weighted by atomic mass is 16.2. The van der Waals surface area contributed by atoms with E-state index >= 15 is 0 Å². The third-order valence-electron chi connectivity index (χ3n) is 3.03. The number of aromatic nitrogens is 2. The molecule has 0 bridgehead atoms. The quantitative estimate of drug-likeness (QED) is 0.771. The summed E-state index contributed by atoms with van der Waals surface area (Å²) in [5.74, 6) is 0.0750. The zero-order valence-corrected chi connectivity index (χ0v) is 10.0. The molecule has 1 aliphatic heterocycles. The summed E-state index contributed by atoms with van der Waals surface area (Å²) < 4.78 is 0. The average Bonchev–Trinajstić information content (AvgIpc) is 3.00. The Morgan fingerprint density at radius 1 is 1.37 bits per heavy atom. The van der Waals surface area contributed by atoms with Crippen LogP contribution in [0, 0.1) is 0 Å². The Labute approximate surface area is 109 Å². The van der Waals surface area contributed by atoms with Crippen molar-refractivity contribution in [1.29, 1.82) is 0 Å². The fourth-order valence-electron chi connectivity index (χ4n) is 2.18. The first-order valence-corrected chi connectivity index (χ1v) is 5.93. The summed E-state index contributed by atoms with van der Waals surface area (Å²) in [6.45, 7) is 0. The topological polar surface area (TPSA) is 86.9 Å². The van der Waals surface area contributed by atoms with Crippen LogP contribution in [0.5, 0.6) is 0 Å². The van der Waals surface area contributed by atoms with E-state index in [-0.39, 0.29) is 24.3 Å². The van der Waals surface area contributed by atoms with Gasteiger partial charge in [0.1, 0.15) is 0 Å². The maximum Gasteiger partial charge on any atom is 0.252 e. The first-order chi connectivity index (χ1) is 9.24. The van der Waals surface area contributed by atoms with Crippen LogP contribution < -0.4 is 10.6 Å². The highest BCUT2D eigenvalue weighted by molar-refractivity contribution is 6.00. The van der Waals surface area contributed by atoms with Gasteiger partial charge in [0, 0.05) is 18.0 Å². The minimum atomic E-state index is -0.279. The minimum absolute atomic E-state index is 0.133. The van der Waals surface area contributed by atoms with Crippen LogP contribution in [0.2, 0.25) is 0 Å². The van der Waals surface area contributed by atoms with E-state index in [0.717, 1.165) is 5.56 Å². The number of hydrogen-bond donors (Lipinski definition) is 3. The van der Waals surface area contributed by atoms with Crippen molar-refractivity contribution >= 4 is 17.8 Å². The van der Waals surface area contributed by atoms with Gasteiger partial charge in [-0.3, -0.25) is 14.9 Å². The molecule has 0 unspecified atom stereocenters. The van der Waals surface area contributed by atoms with Gasteiger partial charge in [-0.25, -0.2) is 4.98 Å². The summed E-state index contributed by atoms with van der Waals surface area (Å²) in [5, 5.41) is 5.44. The molecule has 0 saturated heterocycles. The number of hydrogen-bond acceptors (Lipinski definition) is 3. The summed E-state index contributed by atoms with van der Waals surface area (Å²) in [7, 11) is 0. The number of benzene rings is 1. The molecule has 1 aliphatic rings. The number of anilines is 1. The summed E-state index contributed by atoms with van der Waals surface area (Å²) in [5.41, 5.74) is 1.50. The molecular weight excluding hydrogens is 244 g/mol. The van der Waals surface area contributed by atoms with E-state index in [0.29, 0.717) is 11.5 Å². The number of nitrogens with zero attached hydrogens (tertiary/aromatic N) is 1. The van der Waals surface area contributed by atoms with Gasteiger partial charge in [0.25, 0.3) is 5.91 Å². The molecule has 1 atom stereocenters. The minimum Gasteiger partial charge on any atom is -0.345 e. The molecule has 1 aromatic carbocycles. The average molecular weight is 256 g/mol. The van der Waals surface area contributed by atoms with Gasteiger partial charge in [-0.15, -0.1) is 0 Å². The zero-order valence-electron chi connectivity index (χ0n) is 10.0. The van der Waals surface area contributed by atoms with Crippen molar-refractivity contribution in [3.05, 3.63) is 47.8 Å². The van der Waals surface area contributed by atoms with Gasteiger partial charge < -0.3 is 10.3 Å². The lowest BCUT2D eigenvalue weighted by Crippen LogP contribution is -2.24. The second-order valence-electron chi connectivity index (χ2n) is 4.30. The van der Waals surface area contributed by atoms with Gasteiger partial charge in [0.05, 0.1) is 12.5 Å². The van der Waals surface area contributed by atoms with Crippen LogP contribution in [-0.4, -0.2) is 21.8 Å². The van der Waals surface area contributed by atoms with E-state index in [2.05, 4.69) is 20.6 Å². The van der Waals surface area contributed by atoms with Crippen LogP contribution >= 0.6 is 0 Å². The van der Waals surface area contributed by atoms with Crippen molar-refractivity contribution in [1.82, 2.24) is 15.3 Å². The molecule has 96 valence electrons. The van der Waals surface area contributed by atoms with Crippen molar-refractivity contribution in [2.45, 2.75) is 12.5 Å². The van der Waals surface area contributed by atoms with Gasteiger partial charge in [0.2, 0.25) is 11.9 Å². The Morgan fingerprint density at radius 2 is 2.21 bits per heavy atom. The summed E-state index contributed by atoms with van der Waals surface area (Å²) >= 11 is 0. The first-order valence-electron chi connectivity index (χ1n) is 5.93. The monoisotopic (exact) mass is 256 g/mol. The lowest BCUT2D eigenvalue weighted by Gasteiger charge is -2.10. The van der Waals surface area contributed by atoms with Gasteiger partial charge in [-0.2, -0.15) is 0 Å². The SMILES string of the molecule is O=C(C[C@@H]1NC(=O)c2ccccc21)Nc1ncc[nH]1. The van der Waals surface area contributed by atoms with E-state index in [9.17, 15) is 9.59 Å². The number of aromatic amines is 1. The Kier molecular flexibility index (Phi) is 2.75. The maximum absolute atomic E-state index is 11.9. The summed E-state index contributed by atoms with van der Waals surface area (Å²) in [4.78, 5) is 30.3. The van der Waals surface area contributed by atoms with E-state index in [1.165, 1.54) is 0 Å². The highest BCUT2D eigenvalue weighted by Gasteiger charge is 2.29. The molecule has 3 N–H and O–H groups in total. The number of rotatable bonds is 3. The third-order valence-corrected chi connectivity index (χ3v) is 3.03. The smallest absolute Gasteiger partial charge is 0.252 e. The highest BCUT2D eigenvalue weighted by Crippen LogP contribution is 2.27. The lowest BCUT2D eigenvalue weighted by molar-refractivity contribution is -0.116. The van der Waals surface area contributed by atoms with Crippen molar-refractivity contribution in [2.24, 2.45) is 0 Å². The molecule has 2 amide bonds. The molecule has 0 radical (unpaired) electrons. The number of nitrogens with one attached hydrogen (secondary N) is 3. The van der Waals surface area contributed by atoms with Crippen LogP contribution in [-0.2, 0) is 4.79 Å². The molecule has 1 aromatic heterocycles. The van der Waals surface area contributed by atoms with Crippen LogP contribution in [0.3, 0.4) is 0 Å². The van der Waals surface area contributed by atoms with Gasteiger partial charge >= 0.3 is 0 Å². The van der Waals surface area contributed by atoms with Gasteiger partial charge in [0.15, 0.2) is 0 Å². The number of fused-ring (bicyclic) bond motifs is 1. The fourth-order valence-corrected chi connectivity index (χ4v) is 2.18. The Morgan fingerprint density at radius 3 is 3.00 bits per heavy atom. The molecule has 0 saturated carbocycles. The summed E-state index contributed by atoms with van der Waals surface area (Å²) in [6.07, 6.45) is 3.37. The predicted molar refractivity (Wildman–Crippen MR) is 68.5 cm³/mol. The second kappa shape index (κ2) is 4.56. The van der Waals surface area contributed by atoms with Crippen LogP contribution in [0.1, 0.15) is 28.4 Å². The van der Waals surface area contributed by atoms with E-state index in [4.69, 9.17) is 0 Å². The van der Waals surface area contributed by atoms with Crippen LogP contribution in [0.4, 0.5) is 5.95 Å². The normalized spacial score (nSPS) is 16.8. The maximum atomic E-state index is 11.9. The molecule has 3 rings (SSSR count). The molecule has 6 nitrogen and oxygen atoms in total. The van der Waals surface area contributed by atoms with Crippen molar-refractivity contribution in [3.8, 4) is 0 Å². The largest absolute Gasteiger partial charge is 0.345 e. The van der Waals surface area contributed by atoms with Gasteiger partial charge in [-0.05, 0) is 11.6 Å². The first kappa shape index (κ1) is 11.5. The second-order valence-corrected chi connectivity index (χ2v) is 4.30. The molecule has 19 heavy (non-hydrogen) atoms. The molecule has 2 aromatic rings. The van der Waals surface area contributed by atoms with Crippen LogP contribution in [0.25, 0.3) is 0 Å².